The van der Waals surface area contributed by atoms with Crippen molar-refractivity contribution in [2.75, 3.05) is 6.54 Å². The monoisotopic (exact) mass is 284 g/mol. The predicted octanol–water partition coefficient (Wildman–Crippen LogP) is 3.83. The standard InChI is InChI=1S/C13H14ClFN2S/c1-2-17-13(6-10-7-16-8-18-10)9-3-4-11(14)12(15)5-9/h3-5,7-8,13,17H,2,6H2,1H3. The van der Waals surface area contributed by atoms with Crippen LogP contribution in [-0.2, 0) is 6.42 Å². The molecule has 0 radical (unpaired) electrons. The van der Waals surface area contributed by atoms with Crippen LogP contribution in [0.3, 0.4) is 0 Å². The SMILES string of the molecule is CCNC(Cc1cncs1)c1ccc(Cl)c(F)c1. The highest BCUT2D eigenvalue weighted by molar-refractivity contribution is 7.09. The summed E-state index contributed by atoms with van der Waals surface area (Å²) in [4.78, 5) is 5.23. The summed E-state index contributed by atoms with van der Waals surface area (Å²) in [5.74, 6) is -0.374. The molecule has 0 saturated heterocycles. The molecule has 1 N–H and O–H groups in total. The normalized spacial score (nSPS) is 12.6. The van der Waals surface area contributed by atoms with Crippen LogP contribution in [-0.4, -0.2) is 11.5 Å². The van der Waals surface area contributed by atoms with Gasteiger partial charge in [-0.15, -0.1) is 11.3 Å². The molecule has 0 aliphatic rings. The summed E-state index contributed by atoms with van der Waals surface area (Å²) >= 11 is 7.31. The maximum absolute atomic E-state index is 13.5. The van der Waals surface area contributed by atoms with Crippen molar-refractivity contribution in [3.05, 3.63) is 51.2 Å². The molecule has 0 fully saturated rings. The van der Waals surface area contributed by atoms with Gasteiger partial charge in [-0.2, -0.15) is 0 Å². The van der Waals surface area contributed by atoms with Crippen molar-refractivity contribution in [2.24, 2.45) is 0 Å². The van der Waals surface area contributed by atoms with Crippen LogP contribution in [0.2, 0.25) is 5.02 Å². The topological polar surface area (TPSA) is 24.9 Å². The third-order valence-corrected chi connectivity index (χ3v) is 3.79. The molecule has 0 saturated carbocycles. The fourth-order valence-electron chi connectivity index (χ4n) is 1.83. The van der Waals surface area contributed by atoms with Gasteiger partial charge in [-0.3, -0.25) is 4.98 Å². The Morgan fingerprint density at radius 3 is 2.94 bits per heavy atom. The fraction of sp³-hybridized carbons (Fsp3) is 0.308. The molecule has 0 bridgehead atoms. The molecule has 5 heteroatoms. The van der Waals surface area contributed by atoms with Gasteiger partial charge in [0, 0.05) is 23.5 Å². The van der Waals surface area contributed by atoms with Crippen LogP contribution in [0.25, 0.3) is 0 Å². The predicted molar refractivity (Wildman–Crippen MR) is 73.6 cm³/mol. The third-order valence-electron chi connectivity index (χ3n) is 2.69. The zero-order chi connectivity index (χ0) is 13.0. The van der Waals surface area contributed by atoms with Crippen molar-refractivity contribution in [3.63, 3.8) is 0 Å². The highest BCUT2D eigenvalue weighted by Gasteiger charge is 2.13. The van der Waals surface area contributed by atoms with E-state index in [1.54, 1.807) is 22.9 Å². The van der Waals surface area contributed by atoms with Gasteiger partial charge in [0.05, 0.1) is 10.5 Å². The largest absolute Gasteiger partial charge is 0.310 e. The quantitative estimate of drug-likeness (QED) is 0.903. The van der Waals surface area contributed by atoms with Gasteiger partial charge in [0.15, 0.2) is 0 Å². The third kappa shape index (κ3) is 3.28. The molecule has 2 nitrogen and oxygen atoms in total. The average Bonchev–Trinajstić information content (AvgIpc) is 2.85. The van der Waals surface area contributed by atoms with Gasteiger partial charge in [0.1, 0.15) is 5.82 Å². The molecular formula is C13H14ClFN2S. The van der Waals surface area contributed by atoms with E-state index < -0.39 is 0 Å². The van der Waals surface area contributed by atoms with Gasteiger partial charge in [-0.25, -0.2) is 4.39 Å². The van der Waals surface area contributed by atoms with Crippen LogP contribution >= 0.6 is 22.9 Å². The number of aromatic nitrogens is 1. The van der Waals surface area contributed by atoms with E-state index in [4.69, 9.17) is 11.6 Å². The summed E-state index contributed by atoms with van der Waals surface area (Å²) in [6, 6.07) is 5.04. The molecule has 2 rings (SSSR count). The second kappa shape index (κ2) is 6.27. The number of thiazole rings is 1. The second-order valence-electron chi connectivity index (χ2n) is 3.96. The zero-order valence-electron chi connectivity index (χ0n) is 9.99. The van der Waals surface area contributed by atoms with Gasteiger partial charge in [0.2, 0.25) is 0 Å². The van der Waals surface area contributed by atoms with E-state index in [0.29, 0.717) is 0 Å². The molecule has 1 atom stereocenters. The van der Waals surface area contributed by atoms with E-state index in [1.807, 2.05) is 19.2 Å². The van der Waals surface area contributed by atoms with Crippen molar-refractivity contribution in [3.8, 4) is 0 Å². The Labute approximate surface area is 115 Å². The molecule has 18 heavy (non-hydrogen) atoms. The molecule has 0 aliphatic heterocycles. The number of hydrogen-bond donors (Lipinski definition) is 1. The van der Waals surface area contributed by atoms with Gasteiger partial charge in [-0.1, -0.05) is 24.6 Å². The first kappa shape index (κ1) is 13.5. The summed E-state index contributed by atoms with van der Waals surface area (Å²) < 4.78 is 13.5. The molecule has 0 amide bonds. The van der Waals surface area contributed by atoms with Crippen LogP contribution in [0.1, 0.15) is 23.4 Å². The summed E-state index contributed by atoms with van der Waals surface area (Å²) in [5, 5.41) is 3.51. The molecule has 1 unspecified atom stereocenters. The lowest BCUT2D eigenvalue weighted by Gasteiger charge is -2.17. The first-order chi connectivity index (χ1) is 8.70. The number of hydrogen-bond acceptors (Lipinski definition) is 3. The summed E-state index contributed by atoms with van der Waals surface area (Å²) in [6.07, 6.45) is 2.65. The fourth-order valence-corrected chi connectivity index (χ4v) is 2.59. The lowest BCUT2D eigenvalue weighted by atomic mass is 10.0. The molecule has 0 spiro atoms. The lowest BCUT2D eigenvalue weighted by Crippen LogP contribution is -2.22. The maximum atomic E-state index is 13.5. The maximum Gasteiger partial charge on any atom is 0.142 e. The van der Waals surface area contributed by atoms with E-state index in [9.17, 15) is 4.39 Å². The van der Waals surface area contributed by atoms with E-state index >= 15 is 0 Å². The zero-order valence-corrected chi connectivity index (χ0v) is 11.6. The van der Waals surface area contributed by atoms with Crippen molar-refractivity contribution in [1.82, 2.24) is 10.3 Å². The Kier molecular flexibility index (Phi) is 4.69. The molecular weight excluding hydrogens is 271 g/mol. The van der Waals surface area contributed by atoms with E-state index in [0.717, 1.165) is 18.5 Å². The first-order valence-electron chi connectivity index (χ1n) is 5.76. The number of rotatable bonds is 5. The number of halogens is 2. The first-order valence-corrected chi connectivity index (χ1v) is 7.02. The minimum Gasteiger partial charge on any atom is -0.310 e. The van der Waals surface area contributed by atoms with Crippen molar-refractivity contribution < 1.29 is 4.39 Å². The van der Waals surface area contributed by atoms with Crippen LogP contribution in [0.15, 0.2) is 29.9 Å². The van der Waals surface area contributed by atoms with Gasteiger partial charge >= 0.3 is 0 Å². The Morgan fingerprint density at radius 2 is 2.33 bits per heavy atom. The number of benzene rings is 1. The summed E-state index contributed by atoms with van der Waals surface area (Å²) in [7, 11) is 0. The Hall–Kier alpha value is -0.970. The Bertz CT molecular complexity index is 502. The molecule has 1 aromatic heterocycles. The van der Waals surface area contributed by atoms with Crippen LogP contribution < -0.4 is 5.32 Å². The summed E-state index contributed by atoms with van der Waals surface area (Å²) in [5.41, 5.74) is 2.72. The van der Waals surface area contributed by atoms with Crippen molar-refractivity contribution in [1.29, 1.82) is 0 Å². The molecule has 0 aliphatic carbocycles. The van der Waals surface area contributed by atoms with Crippen molar-refractivity contribution >= 4 is 22.9 Å². The Morgan fingerprint density at radius 1 is 1.50 bits per heavy atom. The average molecular weight is 285 g/mol. The minimum absolute atomic E-state index is 0.0854. The van der Waals surface area contributed by atoms with E-state index in [2.05, 4.69) is 10.3 Å². The lowest BCUT2D eigenvalue weighted by molar-refractivity contribution is 0.545. The van der Waals surface area contributed by atoms with Crippen molar-refractivity contribution in [2.45, 2.75) is 19.4 Å². The highest BCUT2D eigenvalue weighted by Crippen LogP contribution is 2.24. The number of nitrogens with zero attached hydrogens (tertiary/aromatic N) is 1. The van der Waals surface area contributed by atoms with Gasteiger partial charge < -0.3 is 5.32 Å². The number of nitrogens with one attached hydrogen (secondary N) is 1. The number of likely N-dealkylation sites (N-methyl/N-ethyl adjacent to an activating group) is 1. The molecule has 1 heterocycles. The molecule has 96 valence electrons. The van der Waals surface area contributed by atoms with Crippen LogP contribution in [0.4, 0.5) is 4.39 Å². The van der Waals surface area contributed by atoms with E-state index in [1.165, 1.54) is 10.9 Å². The van der Waals surface area contributed by atoms with Gasteiger partial charge in [0.25, 0.3) is 0 Å². The highest BCUT2D eigenvalue weighted by atomic mass is 35.5. The van der Waals surface area contributed by atoms with E-state index in [-0.39, 0.29) is 16.9 Å². The Balaban J connectivity index is 2.20. The van der Waals surface area contributed by atoms with Crippen LogP contribution in [0, 0.1) is 5.82 Å². The smallest absolute Gasteiger partial charge is 0.142 e. The van der Waals surface area contributed by atoms with Crippen LogP contribution in [0.5, 0.6) is 0 Å². The minimum atomic E-state index is -0.374. The van der Waals surface area contributed by atoms with Gasteiger partial charge in [-0.05, 0) is 24.2 Å². The molecule has 2 aromatic rings. The molecule has 1 aromatic carbocycles. The summed E-state index contributed by atoms with van der Waals surface area (Å²) in [6.45, 7) is 2.86. The second-order valence-corrected chi connectivity index (χ2v) is 5.33.